The first-order valence-corrected chi connectivity index (χ1v) is 9.66. The lowest BCUT2D eigenvalue weighted by Gasteiger charge is -2.22. The van der Waals surface area contributed by atoms with Gasteiger partial charge in [-0.05, 0) is 48.1 Å². The SMILES string of the molecule is COc1ccc(C2CC(=O)c3c([nH]c(C(=O)OCc4ccccc4)c3C)C2)cc1. The van der Waals surface area contributed by atoms with Crippen molar-refractivity contribution in [3.63, 3.8) is 0 Å². The predicted octanol–water partition coefficient (Wildman–Crippen LogP) is 4.60. The Morgan fingerprint density at radius 1 is 1.07 bits per heavy atom. The second kappa shape index (κ2) is 7.95. The summed E-state index contributed by atoms with van der Waals surface area (Å²) < 4.78 is 10.7. The van der Waals surface area contributed by atoms with E-state index in [-0.39, 0.29) is 18.3 Å². The molecule has 1 atom stereocenters. The summed E-state index contributed by atoms with van der Waals surface area (Å²) in [5.74, 6) is 0.486. The topological polar surface area (TPSA) is 68.4 Å². The van der Waals surface area contributed by atoms with Gasteiger partial charge in [0.25, 0.3) is 0 Å². The highest BCUT2D eigenvalue weighted by molar-refractivity contribution is 6.03. The number of ketones is 1. The monoisotopic (exact) mass is 389 g/mol. The number of carbonyl (C=O) groups is 2. The zero-order valence-corrected chi connectivity index (χ0v) is 16.5. The first-order valence-electron chi connectivity index (χ1n) is 9.66. The number of ether oxygens (including phenoxy) is 2. The molecule has 3 aromatic rings. The van der Waals surface area contributed by atoms with Crippen LogP contribution in [0.1, 0.15) is 55.6 Å². The van der Waals surface area contributed by atoms with E-state index >= 15 is 0 Å². The van der Waals surface area contributed by atoms with Gasteiger partial charge in [-0.25, -0.2) is 4.79 Å². The molecule has 1 N–H and O–H groups in total. The van der Waals surface area contributed by atoms with Crippen molar-refractivity contribution in [1.82, 2.24) is 4.98 Å². The highest BCUT2D eigenvalue weighted by atomic mass is 16.5. The zero-order chi connectivity index (χ0) is 20.4. The standard InChI is InChI=1S/C24H23NO4/c1-15-22-20(25-23(15)24(27)29-14-16-6-4-3-5-7-16)12-18(13-21(22)26)17-8-10-19(28-2)11-9-17/h3-11,18,25H,12-14H2,1-2H3. The summed E-state index contributed by atoms with van der Waals surface area (Å²) in [6, 6.07) is 17.3. The van der Waals surface area contributed by atoms with E-state index in [4.69, 9.17) is 9.47 Å². The summed E-state index contributed by atoms with van der Waals surface area (Å²) in [6.07, 6.45) is 1.11. The third kappa shape index (κ3) is 3.81. The number of fused-ring (bicyclic) bond motifs is 1. The number of methoxy groups -OCH3 is 1. The normalized spacial score (nSPS) is 15.7. The second-order valence-corrected chi connectivity index (χ2v) is 7.34. The lowest BCUT2D eigenvalue weighted by atomic mass is 9.81. The Morgan fingerprint density at radius 3 is 2.48 bits per heavy atom. The molecule has 0 spiro atoms. The molecular weight excluding hydrogens is 366 g/mol. The van der Waals surface area contributed by atoms with Crippen molar-refractivity contribution < 1.29 is 19.1 Å². The van der Waals surface area contributed by atoms with Crippen molar-refractivity contribution >= 4 is 11.8 Å². The molecule has 5 heteroatoms. The van der Waals surface area contributed by atoms with E-state index in [0.717, 1.165) is 22.6 Å². The second-order valence-electron chi connectivity index (χ2n) is 7.34. The van der Waals surface area contributed by atoms with Crippen LogP contribution in [0.2, 0.25) is 0 Å². The summed E-state index contributed by atoms with van der Waals surface area (Å²) in [5.41, 5.74) is 4.51. The molecule has 0 amide bonds. The van der Waals surface area contributed by atoms with Crippen molar-refractivity contribution in [3.05, 3.63) is 88.2 Å². The third-order valence-electron chi connectivity index (χ3n) is 5.49. The summed E-state index contributed by atoms with van der Waals surface area (Å²) in [6.45, 7) is 2.01. The molecule has 148 valence electrons. The molecule has 5 nitrogen and oxygen atoms in total. The van der Waals surface area contributed by atoms with Gasteiger partial charge in [-0.15, -0.1) is 0 Å². The molecule has 0 saturated carbocycles. The van der Waals surface area contributed by atoms with Gasteiger partial charge in [0.2, 0.25) is 0 Å². The number of benzene rings is 2. The Morgan fingerprint density at radius 2 is 1.79 bits per heavy atom. The Labute approximate surface area is 169 Å². The smallest absolute Gasteiger partial charge is 0.355 e. The Kier molecular flexibility index (Phi) is 5.21. The minimum atomic E-state index is -0.436. The number of nitrogens with one attached hydrogen (secondary N) is 1. The Balaban J connectivity index is 1.53. The van der Waals surface area contributed by atoms with E-state index in [0.29, 0.717) is 29.7 Å². The summed E-state index contributed by atoms with van der Waals surface area (Å²) in [4.78, 5) is 28.6. The van der Waals surface area contributed by atoms with E-state index < -0.39 is 5.97 Å². The van der Waals surface area contributed by atoms with E-state index in [9.17, 15) is 9.59 Å². The Hall–Kier alpha value is -3.34. The van der Waals surface area contributed by atoms with Gasteiger partial charge < -0.3 is 14.5 Å². The van der Waals surface area contributed by atoms with Gasteiger partial charge in [0, 0.05) is 17.7 Å². The van der Waals surface area contributed by atoms with Crippen LogP contribution >= 0.6 is 0 Å². The van der Waals surface area contributed by atoms with Gasteiger partial charge in [-0.1, -0.05) is 42.5 Å². The van der Waals surface area contributed by atoms with Gasteiger partial charge in [-0.3, -0.25) is 4.79 Å². The number of aromatic amines is 1. The number of hydrogen-bond acceptors (Lipinski definition) is 4. The van der Waals surface area contributed by atoms with Gasteiger partial charge in [-0.2, -0.15) is 0 Å². The number of Topliss-reactive ketones (excluding diaryl/α,β-unsaturated/α-hetero) is 1. The first-order chi connectivity index (χ1) is 14.1. The molecule has 2 aromatic carbocycles. The zero-order valence-electron chi connectivity index (χ0n) is 16.5. The van der Waals surface area contributed by atoms with Crippen LogP contribution in [0, 0.1) is 6.92 Å². The quantitative estimate of drug-likeness (QED) is 0.648. The number of carbonyl (C=O) groups excluding carboxylic acids is 2. The van der Waals surface area contributed by atoms with Crippen LogP contribution in [0.15, 0.2) is 54.6 Å². The van der Waals surface area contributed by atoms with Crippen LogP contribution in [0.5, 0.6) is 5.75 Å². The maximum atomic E-state index is 12.8. The maximum Gasteiger partial charge on any atom is 0.355 e. The molecule has 0 fully saturated rings. The van der Waals surface area contributed by atoms with Crippen LogP contribution in [0.3, 0.4) is 0 Å². The third-order valence-corrected chi connectivity index (χ3v) is 5.49. The van der Waals surface area contributed by atoms with Crippen molar-refractivity contribution in [3.8, 4) is 5.75 Å². The fourth-order valence-corrected chi connectivity index (χ4v) is 3.94. The number of rotatable bonds is 5. The molecule has 0 radical (unpaired) electrons. The molecule has 0 saturated heterocycles. The van der Waals surface area contributed by atoms with Gasteiger partial charge in [0.1, 0.15) is 18.1 Å². The molecule has 1 unspecified atom stereocenters. The fourth-order valence-electron chi connectivity index (χ4n) is 3.94. The van der Waals surface area contributed by atoms with Crippen molar-refractivity contribution in [2.75, 3.05) is 7.11 Å². The number of hydrogen-bond donors (Lipinski definition) is 1. The van der Waals surface area contributed by atoms with E-state index in [1.165, 1.54) is 0 Å². The summed E-state index contributed by atoms with van der Waals surface area (Å²) >= 11 is 0. The van der Waals surface area contributed by atoms with Gasteiger partial charge in [0.05, 0.1) is 7.11 Å². The van der Waals surface area contributed by atoms with Crippen LogP contribution < -0.4 is 4.74 Å². The average molecular weight is 389 g/mol. The highest BCUT2D eigenvalue weighted by Crippen LogP contribution is 2.35. The van der Waals surface area contributed by atoms with Crippen LogP contribution in [0.25, 0.3) is 0 Å². The molecule has 1 aromatic heterocycles. The minimum Gasteiger partial charge on any atom is -0.497 e. The highest BCUT2D eigenvalue weighted by Gasteiger charge is 2.32. The lowest BCUT2D eigenvalue weighted by Crippen LogP contribution is -2.18. The minimum absolute atomic E-state index is 0.0583. The molecule has 29 heavy (non-hydrogen) atoms. The maximum absolute atomic E-state index is 12.8. The van der Waals surface area contributed by atoms with E-state index in [2.05, 4.69) is 4.98 Å². The number of aromatic nitrogens is 1. The van der Waals surface area contributed by atoms with Crippen LogP contribution in [0.4, 0.5) is 0 Å². The van der Waals surface area contributed by atoms with Crippen molar-refractivity contribution in [1.29, 1.82) is 0 Å². The Bertz CT molecular complexity index is 1030. The predicted molar refractivity (Wildman–Crippen MR) is 109 cm³/mol. The molecule has 1 aliphatic rings. The molecule has 4 rings (SSSR count). The van der Waals surface area contributed by atoms with Crippen molar-refractivity contribution in [2.45, 2.75) is 32.3 Å². The van der Waals surface area contributed by atoms with E-state index in [1.54, 1.807) is 14.0 Å². The number of H-pyrrole nitrogens is 1. The molecular formula is C24H23NO4. The number of esters is 1. The molecule has 1 heterocycles. The van der Waals surface area contributed by atoms with Crippen LogP contribution in [-0.2, 0) is 17.8 Å². The lowest BCUT2D eigenvalue weighted by molar-refractivity contribution is 0.0465. The average Bonchev–Trinajstić information content (AvgIpc) is 3.10. The largest absolute Gasteiger partial charge is 0.497 e. The summed E-state index contributed by atoms with van der Waals surface area (Å²) in [5, 5.41) is 0. The van der Waals surface area contributed by atoms with Gasteiger partial charge >= 0.3 is 5.97 Å². The van der Waals surface area contributed by atoms with Crippen LogP contribution in [-0.4, -0.2) is 23.8 Å². The van der Waals surface area contributed by atoms with Crippen molar-refractivity contribution in [2.24, 2.45) is 0 Å². The first kappa shape index (κ1) is 19.0. The van der Waals surface area contributed by atoms with E-state index in [1.807, 2.05) is 54.6 Å². The van der Waals surface area contributed by atoms with Gasteiger partial charge in [0.15, 0.2) is 5.78 Å². The summed E-state index contributed by atoms with van der Waals surface area (Å²) in [7, 11) is 1.63. The molecule has 0 bridgehead atoms. The molecule has 0 aliphatic heterocycles. The fraction of sp³-hybridized carbons (Fsp3) is 0.250. The molecule has 1 aliphatic carbocycles.